The topological polar surface area (TPSA) is 56.9 Å². The van der Waals surface area contributed by atoms with Gasteiger partial charge in [-0.05, 0) is 30.9 Å². The van der Waals surface area contributed by atoms with Crippen LogP contribution in [-0.4, -0.2) is 59.6 Å². The van der Waals surface area contributed by atoms with Gasteiger partial charge in [0.1, 0.15) is 0 Å². The van der Waals surface area contributed by atoms with Gasteiger partial charge < -0.3 is 14.4 Å². The van der Waals surface area contributed by atoms with Gasteiger partial charge in [0.2, 0.25) is 0 Å². The minimum atomic E-state index is -0.188. The van der Waals surface area contributed by atoms with Crippen LogP contribution in [0.25, 0.3) is 0 Å². The maximum atomic E-state index is 12.1. The molecule has 2 heterocycles. The number of aliphatic hydroxyl groups is 1. The van der Waals surface area contributed by atoms with Gasteiger partial charge in [0.25, 0.3) is 5.91 Å². The number of amides is 1. The lowest BCUT2D eigenvalue weighted by Gasteiger charge is -2.35. The maximum absolute atomic E-state index is 12.1. The highest BCUT2D eigenvalue weighted by atomic mass is 16.3. The van der Waals surface area contributed by atoms with Gasteiger partial charge in [0, 0.05) is 32.7 Å². The number of carbonyl (C=O) groups is 1. The number of nitrogens with zero attached hydrogens (tertiary/aromatic N) is 2. The third-order valence-corrected chi connectivity index (χ3v) is 4.00. The van der Waals surface area contributed by atoms with E-state index in [0.29, 0.717) is 24.8 Å². The Balaban J connectivity index is 1.47. The Bertz CT molecular complexity index is 420. The van der Waals surface area contributed by atoms with Gasteiger partial charge in [0.15, 0.2) is 5.76 Å². The van der Waals surface area contributed by atoms with Crippen LogP contribution in [0.2, 0.25) is 0 Å². The van der Waals surface area contributed by atoms with E-state index in [1.807, 2.05) is 4.90 Å². The van der Waals surface area contributed by atoms with Crippen LogP contribution >= 0.6 is 0 Å². The molecule has 1 atom stereocenters. The van der Waals surface area contributed by atoms with Crippen molar-refractivity contribution in [3.05, 3.63) is 24.2 Å². The molecule has 19 heavy (non-hydrogen) atoms. The lowest BCUT2D eigenvalue weighted by molar-refractivity contribution is 0.0468. The zero-order valence-corrected chi connectivity index (χ0v) is 11.0. The second-order valence-corrected chi connectivity index (χ2v) is 5.47. The lowest BCUT2D eigenvalue weighted by Crippen LogP contribution is -2.50. The van der Waals surface area contributed by atoms with Gasteiger partial charge in [-0.1, -0.05) is 0 Å². The van der Waals surface area contributed by atoms with E-state index in [2.05, 4.69) is 4.90 Å². The van der Waals surface area contributed by atoms with Crippen molar-refractivity contribution in [2.24, 2.45) is 5.92 Å². The Morgan fingerprint density at radius 3 is 2.68 bits per heavy atom. The largest absolute Gasteiger partial charge is 0.459 e. The van der Waals surface area contributed by atoms with Crippen molar-refractivity contribution < 1.29 is 14.3 Å². The third-order valence-electron chi connectivity index (χ3n) is 4.00. The highest BCUT2D eigenvalue weighted by Gasteiger charge is 2.32. The fraction of sp³-hybridized carbons (Fsp3) is 0.643. The van der Waals surface area contributed by atoms with Gasteiger partial charge in [-0.3, -0.25) is 9.69 Å². The zero-order chi connectivity index (χ0) is 13.2. The molecular formula is C14H20N2O3. The van der Waals surface area contributed by atoms with E-state index in [-0.39, 0.29) is 12.0 Å². The van der Waals surface area contributed by atoms with Gasteiger partial charge in [-0.25, -0.2) is 0 Å². The summed E-state index contributed by atoms with van der Waals surface area (Å²) in [4.78, 5) is 16.1. The number of β-amino-alcohol motifs (C(OH)–C–C–N with tert-alkyl or cyclic N) is 1. The molecule has 1 saturated carbocycles. The highest BCUT2D eigenvalue weighted by molar-refractivity contribution is 5.91. The fourth-order valence-electron chi connectivity index (χ4n) is 2.58. The first-order chi connectivity index (χ1) is 9.24. The van der Waals surface area contributed by atoms with Crippen LogP contribution < -0.4 is 0 Å². The summed E-state index contributed by atoms with van der Waals surface area (Å²) in [6.07, 6.45) is 3.67. The first kappa shape index (κ1) is 12.7. The number of rotatable bonds is 4. The van der Waals surface area contributed by atoms with Crippen molar-refractivity contribution in [2.45, 2.75) is 18.9 Å². The van der Waals surface area contributed by atoms with E-state index < -0.39 is 0 Å². The average Bonchev–Trinajstić information content (AvgIpc) is 3.14. The Hall–Kier alpha value is -1.33. The molecule has 1 aromatic heterocycles. The van der Waals surface area contributed by atoms with Crippen molar-refractivity contribution in [3.63, 3.8) is 0 Å². The number of carbonyl (C=O) groups excluding carboxylic acids is 1. The fourth-order valence-corrected chi connectivity index (χ4v) is 2.58. The first-order valence-corrected chi connectivity index (χ1v) is 6.97. The Kier molecular flexibility index (Phi) is 3.57. The standard InChI is InChI=1S/C14H20N2O3/c17-12(11-3-4-11)10-15-5-7-16(8-6-15)14(18)13-2-1-9-19-13/h1-2,9,11-12,17H,3-8,10H2/t12-/m1/s1. The molecule has 1 aromatic rings. The zero-order valence-electron chi connectivity index (χ0n) is 11.0. The molecule has 0 bridgehead atoms. The van der Waals surface area contributed by atoms with E-state index in [1.165, 1.54) is 6.26 Å². The monoisotopic (exact) mass is 264 g/mol. The molecule has 2 fully saturated rings. The van der Waals surface area contributed by atoms with E-state index in [4.69, 9.17) is 4.42 Å². The lowest BCUT2D eigenvalue weighted by atomic mass is 10.2. The molecule has 3 rings (SSSR count). The van der Waals surface area contributed by atoms with Crippen molar-refractivity contribution in [2.75, 3.05) is 32.7 Å². The minimum absolute atomic E-state index is 0.0348. The normalized spacial score (nSPS) is 22.5. The van der Waals surface area contributed by atoms with Gasteiger partial charge in [0.05, 0.1) is 12.4 Å². The molecule has 1 amide bonds. The summed E-state index contributed by atoms with van der Waals surface area (Å²) in [5.74, 6) is 0.890. The second-order valence-electron chi connectivity index (χ2n) is 5.47. The van der Waals surface area contributed by atoms with Crippen molar-refractivity contribution >= 4 is 5.91 Å². The third kappa shape index (κ3) is 2.98. The highest BCUT2D eigenvalue weighted by Crippen LogP contribution is 2.32. The molecule has 5 nitrogen and oxygen atoms in total. The van der Waals surface area contributed by atoms with Crippen LogP contribution in [0.3, 0.4) is 0 Å². The summed E-state index contributed by atoms with van der Waals surface area (Å²) in [5.41, 5.74) is 0. The summed E-state index contributed by atoms with van der Waals surface area (Å²) >= 11 is 0. The smallest absolute Gasteiger partial charge is 0.289 e. The molecule has 0 spiro atoms. The van der Waals surface area contributed by atoms with Crippen LogP contribution in [0.4, 0.5) is 0 Å². The summed E-state index contributed by atoms with van der Waals surface area (Å²) in [6, 6.07) is 3.43. The van der Waals surface area contributed by atoms with E-state index in [1.54, 1.807) is 12.1 Å². The molecule has 1 N–H and O–H groups in total. The Morgan fingerprint density at radius 1 is 1.37 bits per heavy atom. The summed E-state index contributed by atoms with van der Waals surface area (Å²) in [7, 11) is 0. The summed E-state index contributed by atoms with van der Waals surface area (Å²) in [6.45, 7) is 3.81. The molecule has 0 unspecified atom stereocenters. The quantitative estimate of drug-likeness (QED) is 0.874. The SMILES string of the molecule is O=C(c1ccco1)N1CCN(C[C@@H](O)C2CC2)CC1. The molecular weight excluding hydrogens is 244 g/mol. The first-order valence-electron chi connectivity index (χ1n) is 6.97. The molecule has 2 aliphatic rings. The molecule has 0 aromatic carbocycles. The second kappa shape index (κ2) is 5.35. The number of aliphatic hydroxyl groups excluding tert-OH is 1. The van der Waals surface area contributed by atoms with E-state index in [9.17, 15) is 9.90 Å². The van der Waals surface area contributed by atoms with Gasteiger partial charge >= 0.3 is 0 Å². The van der Waals surface area contributed by atoms with Gasteiger partial charge in [-0.15, -0.1) is 0 Å². The maximum Gasteiger partial charge on any atom is 0.289 e. The molecule has 1 aliphatic heterocycles. The average molecular weight is 264 g/mol. The van der Waals surface area contributed by atoms with Crippen molar-refractivity contribution in [3.8, 4) is 0 Å². The minimum Gasteiger partial charge on any atom is -0.459 e. The van der Waals surface area contributed by atoms with Crippen LogP contribution in [-0.2, 0) is 0 Å². The Morgan fingerprint density at radius 2 is 2.11 bits per heavy atom. The molecule has 1 saturated heterocycles. The Labute approximate surface area is 112 Å². The molecule has 5 heteroatoms. The van der Waals surface area contributed by atoms with Crippen molar-refractivity contribution in [1.29, 1.82) is 0 Å². The molecule has 1 aliphatic carbocycles. The van der Waals surface area contributed by atoms with E-state index in [0.717, 1.165) is 32.5 Å². The number of hydrogen-bond donors (Lipinski definition) is 1. The van der Waals surface area contributed by atoms with Gasteiger partial charge in [-0.2, -0.15) is 0 Å². The van der Waals surface area contributed by atoms with Crippen LogP contribution in [0, 0.1) is 5.92 Å². The van der Waals surface area contributed by atoms with Crippen LogP contribution in [0.5, 0.6) is 0 Å². The summed E-state index contributed by atoms with van der Waals surface area (Å²) in [5, 5.41) is 9.93. The predicted octanol–water partition coefficient (Wildman–Crippen LogP) is 0.808. The molecule has 0 radical (unpaired) electrons. The summed E-state index contributed by atoms with van der Waals surface area (Å²) < 4.78 is 5.13. The van der Waals surface area contributed by atoms with E-state index >= 15 is 0 Å². The number of hydrogen-bond acceptors (Lipinski definition) is 4. The van der Waals surface area contributed by atoms with Crippen molar-refractivity contribution in [1.82, 2.24) is 9.80 Å². The number of furan rings is 1. The van der Waals surface area contributed by atoms with Crippen LogP contribution in [0.1, 0.15) is 23.4 Å². The number of piperazine rings is 1. The molecule has 104 valence electrons. The predicted molar refractivity (Wildman–Crippen MR) is 69.8 cm³/mol. The van der Waals surface area contributed by atoms with Crippen LogP contribution in [0.15, 0.2) is 22.8 Å².